The van der Waals surface area contributed by atoms with Crippen LogP contribution in [0.3, 0.4) is 0 Å². The van der Waals surface area contributed by atoms with Crippen LogP contribution in [0.25, 0.3) is 6.08 Å². The monoisotopic (exact) mass is 502 g/mol. The molecule has 0 radical (unpaired) electrons. The number of amides is 2. The summed E-state index contributed by atoms with van der Waals surface area (Å²) in [5.74, 6) is 2.66. The van der Waals surface area contributed by atoms with E-state index in [1.165, 1.54) is 25.3 Å². The average molecular weight is 503 g/mol. The van der Waals surface area contributed by atoms with Crippen molar-refractivity contribution in [3.63, 3.8) is 0 Å². The standard InChI is InChI=1S/C21H15BrN2O6S/c1-3-8-30-19-15(22)9-13(10-17(19)29-2)11-18-20(25)23(21(26)31-18)12-14-6-4-5-7-16(14)24(27)28/h1,4-7,9-11H,8,12H2,2H3/b18-11-. The number of rotatable bonds is 7. The van der Waals surface area contributed by atoms with Gasteiger partial charge in [0.1, 0.15) is 6.61 Å². The molecule has 1 saturated heterocycles. The number of nitro groups is 1. The van der Waals surface area contributed by atoms with E-state index in [0.29, 0.717) is 21.5 Å². The molecule has 0 N–H and O–H groups in total. The van der Waals surface area contributed by atoms with Crippen molar-refractivity contribution in [2.24, 2.45) is 0 Å². The minimum absolute atomic E-state index is 0.0544. The number of ether oxygens (including phenoxy) is 2. The minimum atomic E-state index is -0.544. The van der Waals surface area contributed by atoms with Crippen molar-refractivity contribution in [2.45, 2.75) is 6.54 Å². The molecule has 0 bridgehead atoms. The van der Waals surface area contributed by atoms with Crippen LogP contribution >= 0.6 is 27.7 Å². The van der Waals surface area contributed by atoms with E-state index in [2.05, 4.69) is 21.9 Å². The van der Waals surface area contributed by atoms with Crippen molar-refractivity contribution in [2.75, 3.05) is 13.7 Å². The van der Waals surface area contributed by atoms with Gasteiger partial charge < -0.3 is 9.47 Å². The van der Waals surface area contributed by atoms with Gasteiger partial charge in [0.05, 0.1) is 28.0 Å². The van der Waals surface area contributed by atoms with Crippen LogP contribution in [0, 0.1) is 22.5 Å². The Hall–Kier alpha value is -3.29. The fourth-order valence-electron chi connectivity index (χ4n) is 2.86. The maximum Gasteiger partial charge on any atom is 0.293 e. The largest absolute Gasteiger partial charge is 0.493 e. The maximum atomic E-state index is 12.8. The van der Waals surface area contributed by atoms with Crippen molar-refractivity contribution in [1.82, 2.24) is 4.90 Å². The van der Waals surface area contributed by atoms with Gasteiger partial charge >= 0.3 is 0 Å². The quantitative estimate of drug-likeness (QED) is 0.235. The summed E-state index contributed by atoms with van der Waals surface area (Å²) < 4.78 is 11.4. The van der Waals surface area contributed by atoms with E-state index in [1.807, 2.05) is 0 Å². The first-order chi connectivity index (χ1) is 14.8. The number of hydrogen-bond acceptors (Lipinski definition) is 7. The molecule has 0 aromatic heterocycles. The van der Waals surface area contributed by atoms with Gasteiger partial charge in [0.25, 0.3) is 16.8 Å². The number of benzene rings is 2. The van der Waals surface area contributed by atoms with Crippen molar-refractivity contribution in [1.29, 1.82) is 0 Å². The van der Waals surface area contributed by atoms with Crippen molar-refractivity contribution < 1.29 is 24.0 Å². The third kappa shape index (κ3) is 4.90. The van der Waals surface area contributed by atoms with Crippen LogP contribution < -0.4 is 9.47 Å². The molecule has 0 unspecified atom stereocenters. The summed E-state index contributed by atoms with van der Waals surface area (Å²) in [6.45, 7) is -0.135. The van der Waals surface area contributed by atoms with Crippen LogP contribution in [0.2, 0.25) is 0 Å². The smallest absolute Gasteiger partial charge is 0.293 e. The van der Waals surface area contributed by atoms with Crippen molar-refractivity contribution in [3.8, 4) is 23.8 Å². The van der Waals surface area contributed by atoms with Gasteiger partial charge in [-0.2, -0.15) is 0 Å². The highest BCUT2D eigenvalue weighted by Gasteiger charge is 2.36. The lowest BCUT2D eigenvalue weighted by molar-refractivity contribution is -0.385. The molecule has 1 fully saturated rings. The van der Waals surface area contributed by atoms with Gasteiger partial charge in [-0.05, 0) is 51.5 Å². The van der Waals surface area contributed by atoms with Gasteiger partial charge in [0, 0.05) is 11.6 Å². The van der Waals surface area contributed by atoms with Crippen LogP contribution in [0.5, 0.6) is 11.5 Å². The van der Waals surface area contributed by atoms with Crippen LogP contribution in [0.4, 0.5) is 10.5 Å². The normalized spacial score (nSPS) is 14.6. The zero-order chi connectivity index (χ0) is 22.5. The van der Waals surface area contributed by atoms with E-state index in [4.69, 9.17) is 15.9 Å². The van der Waals surface area contributed by atoms with E-state index >= 15 is 0 Å². The van der Waals surface area contributed by atoms with Crippen molar-refractivity contribution >= 4 is 50.6 Å². The fourth-order valence-corrected chi connectivity index (χ4v) is 4.27. The zero-order valence-corrected chi connectivity index (χ0v) is 18.6. The lowest BCUT2D eigenvalue weighted by atomic mass is 10.1. The highest BCUT2D eigenvalue weighted by Crippen LogP contribution is 2.39. The molecule has 1 aliphatic rings. The zero-order valence-electron chi connectivity index (χ0n) is 16.2. The Morgan fingerprint density at radius 1 is 1.32 bits per heavy atom. The first kappa shape index (κ1) is 22.4. The topological polar surface area (TPSA) is 99.0 Å². The van der Waals surface area contributed by atoms with Crippen LogP contribution in [0.1, 0.15) is 11.1 Å². The molecule has 0 saturated carbocycles. The van der Waals surface area contributed by atoms with Gasteiger partial charge in [-0.15, -0.1) is 6.42 Å². The molecule has 1 heterocycles. The Labute approximate surface area is 190 Å². The summed E-state index contributed by atoms with van der Waals surface area (Å²) in [6.07, 6.45) is 6.77. The molecule has 2 amide bonds. The minimum Gasteiger partial charge on any atom is -0.493 e. The number of terminal acetylenes is 1. The number of carbonyl (C=O) groups is 2. The number of thioether (sulfide) groups is 1. The van der Waals surface area contributed by atoms with Gasteiger partial charge in [0.15, 0.2) is 11.5 Å². The summed E-state index contributed by atoms with van der Waals surface area (Å²) in [4.78, 5) is 37.1. The second kappa shape index (κ2) is 9.68. The van der Waals surface area contributed by atoms with Gasteiger partial charge in [-0.1, -0.05) is 24.1 Å². The van der Waals surface area contributed by atoms with E-state index in [-0.39, 0.29) is 29.3 Å². The Morgan fingerprint density at radius 3 is 2.74 bits per heavy atom. The highest BCUT2D eigenvalue weighted by atomic mass is 79.9. The summed E-state index contributed by atoms with van der Waals surface area (Å²) in [6, 6.07) is 9.33. The number of carbonyl (C=O) groups excluding carboxylic acids is 2. The number of nitro benzene ring substituents is 1. The number of hydrogen-bond donors (Lipinski definition) is 0. The predicted molar refractivity (Wildman–Crippen MR) is 120 cm³/mol. The lowest BCUT2D eigenvalue weighted by Crippen LogP contribution is -2.27. The summed E-state index contributed by atoms with van der Waals surface area (Å²) in [5.41, 5.74) is 0.713. The molecule has 0 spiro atoms. The maximum absolute atomic E-state index is 12.8. The first-order valence-corrected chi connectivity index (χ1v) is 10.4. The number of para-hydroxylation sites is 1. The Balaban J connectivity index is 1.88. The molecule has 2 aromatic carbocycles. The molecule has 1 aliphatic heterocycles. The third-order valence-corrected chi connectivity index (χ3v) is 5.74. The molecule has 10 heteroatoms. The number of nitrogens with zero attached hydrogens (tertiary/aromatic N) is 2. The molecule has 2 aromatic rings. The molecule has 31 heavy (non-hydrogen) atoms. The lowest BCUT2D eigenvalue weighted by Gasteiger charge is -2.13. The molecule has 8 nitrogen and oxygen atoms in total. The fraction of sp³-hybridized carbons (Fsp3) is 0.143. The van der Waals surface area contributed by atoms with Crippen LogP contribution in [0.15, 0.2) is 45.8 Å². The molecular formula is C21H15BrN2O6S. The summed E-state index contributed by atoms with van der Waals surface area (Å²) >= 11 is 4.15. The second-order valence-corrected chi connectivity index (χ2v) is 8.03. The number of halogens is 1. The van der Waals surface area contributed by atoms with Gasteiger partial charge in [-0.3, -0.25) is 24.6 Å². The first-order valence-electron chi connectivity index (χ1n) is 8.77. The molecule has 0 atom stereocenters. The number of methoxy groups -OCH3 is 1. The second-order valence-electron chi connectivity index (χ2n) is 6.18. The summed E-state index contributed by atoms with van der Waals surface area (Å²) in [7, 11) is 1.47. The van der Waals surface area contributed by atoms with Crippen molar-refractivity contribution in [3.05, 3.63) is 67.0 Å². The SMILES string of the molecule is C#CCOc1c(Br)cc(/C=C2\SC(=O)N(Cc3ccccc3[N+](=O)[O-])C2=O)cc1OC. The highest BCUT2D eigenvalue weighted by molar-refractivity contribution is 9.10. The van der Waals surface area contributed by atoms with Crippen LogP contribution in [-0.4, -0.2) is 34.7 Å². The molecule has 3 rings (SSSR count). The van der Waals surface area contributed by atoms with Gasteiger partial charge in [-0.25, -0.2) is 0 Å². The van der Waals surface area contributed by atoms with E-state index < -0.39 is 16.1 Å². The number of imide groups is 1. The Bertz CT molecular complexity index is 1140. The third-order valence-electron chi connectivity index (χ3n) is 4.24. The Kier molecular flexibility index (Phi) is 6.99. The van der Waals surface area contributed by atoms with E-state index in [0.717, 1.165) is 16.7 Å². The molecule has 158 valence electrons. The van der Waals surface area contributed by atoms with Gasteiger partial charge in [0.2, 0.25) is 0 Å². The van der Waals surface area contributed by atoms with Crippen LogP contribution in [-0.2, 0) is 11.3 Å². The van der Waals surface area contributed by atoms with E-state index in [9.17, 15) is 19.7 Å². The summed E-state index contributed by atoms with van der Waals surface area (Å²) in [5, 5.41) is 10.7. The average Bonchev–Trinajstić information content (AvgIpc) is 3.00. The molecular weight excluding hydrogens is 488 g/mol. The Morgan fingerprint density at radius 2 is 2.06 bits per heavy atom. The predicted octanol–water partition coefficient (Wildman–Crippen LogP) is 4.61. The van der Waals surface area contributed by atoms with E-state index in [1.54, 1.807) is 24.3 Å². The molecule has 0 aliphatic carbocycles.